The summed E-state index contributed by atoms with van der Waals surface area (Å²) in [6.45, 7) is 3.37. The molecule has 0 amide bonds. The molecule has 0 aliphatic carbocycles. The van der Waals surface area contributed by atoms with E-state index in [0.29, 0.717) is 16.1 Å². The molecule has 0 fully saturated rings. The number of fused-ring (bicyclic) bond motifs is 1. The number of carbonyl (C=O) groups is 1. The predicted molar refractivity (Wildman–Crippen MR) is 93.3 cm³/mol. The molecule has 0 N–H and O–H groups in total. The fraction of sp³-hybridized carbons (Fsp3) is 0.167. The van der Waals surface area contributed by atoms with Gasteiger partial charge in [-0.05, 0) is 38.1 Å². The topological polar surface area (TPSA) is 52.0 Å². The maximum Gasteiger partial charge on any atom is 0.266 e. The van der Waals surface area contributed by atoms with E-state index in [1.54, 1.807) is 17.6 Å². The Morgan fingerprint density at radius 3 is 2.43 bits per heavy atom. The fourth-order valence-electron chi connectivity index (χ4n) is 2.24. The van der Waals surface area contributed by atoms with Crippen LogP contribution in [0.5, 0.6) is 0 Å². The molecule has 0 unspecified atom stereocenters. The molecular weight excluding hydrogens is 308 g/mol. The molecule has 0 saturated heterocycles. The van der Waals surface area contributed by atoms with Crippen LogP contribution in [0.3, 0.4) is 0 Å². The lowest BCUT2D eigenvalue weighted by Crippen LogP contribution is -2.23. The van der Waals surface area contributed by atoms with Gasteiger partial charge in [-0.1, -0.05) is 42.1 Å². The lowest BCUT2D eigenvalue weighted by atomic mass is 10.2. The van der Waals surface area contributed by atoms with Crippen LogP contribution in [0.1, 0.15) is 13.8 Å². The molecule has 5 heteroatoms. The Morgan fingerprint density at radius 2 is 1.74 bits per heavy atom. The van der Waals surface area contributed by atoms with Crippen LogP contribution < -0.4 is 5.56 Å². The molecule has 3 rings (SSSR count). The van der Waals surface area contributed by atoms with Crippen molar-refractivity contribution in [3.05, 3.63) is 65.0 Å². The van der Waals surface area contributed by atoms with Crippen LogP contribution >= 0.6 is 11.8 Å². The molecule has 4 nitrogen and oxygen atoms in total. The number of hydrogen-bond donors (Lipinski definition) is 0. The molecule has 0 aliphatic heterocycles. The predicted octanol–water partition coefficient (Wildman–Crippen LogP) is 3.46. The molecule has 2 aromatic carbocycles. The molecule has 1 aromatic heterocycles. The highest BCUT2D eigenvalue weighted by Gasteiger charge is 2.17. The fourth-order valence-corrected chi connectivity index (χ4v) is 3.16. The first-order valence-corrected chi connectivity index (χ1v) is 8.20. The first-order valence-electron chi connectivity index (χ1n) is 7.32. The summed E-state index contributed by atoms with van der Waals surface area (Å²) >= 11 is 1.30. The number of Topliss-reactive ketones (excluding diaryl/α,β-unsaturated/α-hetero) is 1. The summed E-state index contributed by atoms with van der Waals surface area (Å²) in [5, 5.41) is 0.830. The number of benzene rings is 2. The van der Waals surface area contributed by atoms with E-state index in [0.717, 1.165) is 5.69 Å². The van der Waals surface area contributed by atoms with Crippen LogP contribution in [0.2, 0.25) is 0 Å². The molecule has 23 heavy (non-hydrogen) atoms. The van der Waals surface area contributed by atoms with E-state index in [9.17, 15) is 9.59 Å². The van der Waals surface area contributed by atoms with Crippen molar-refractivity contribution in [2.75, 3.05) is 0 Å². The Balaban J connectivity index is 2.28. The first kappa shape index (κ1) is 15.5. The average Bonchev–Trinajstić information content (AvgIpc) is 2.56. The van der Waals surface area contributed by atoms with E-state index in [1.165, 1.54) is 11.8 Å². The average molecular weight is 324 g/mol. The van der Waals surface area contributed by atoms with Gasteiger partial charge in [0, 0.05) is 0 Å². The van der Waals surface area contributed by atoms with Gasteiger partial charge < -0.3 is 0 Å². The third kappa shape index (κ3) is 3.05. The molecular formula is C18H16N2O2S. The van der Waals surface area contributed by atoms with Crippen LogP contribution in [0.4, 0.5) is 0 Å². The summed E-state index contributed by atoms with van der Waals surface area (Å²) in [5.74, 6) is 0.0528. The summed E-state index contributed by atoms with van der Waals surface area (Å²) in [4.78, 5) is 29.1. The van der Waals surface area contributed by atoms with Gasteiger partial charge in [0.05, 0.1) is 21.8 Å². The molecule has 1 atom stereocenters. The van der Waals surface area contributed by atoms with Gasteiger partial charge in [-0.2, -0.15) is 0 Å². The van der Waals surface area contributed by atoms with Gasteiger partial charge >= 0.3 is 0 Å². The summed E-state index contributed by atoms with van der Waals surface area (Å²) in [6.07, 6.45) is 0. The van der Waals surface area contributed by atoms with E-state index < -0.39 is 0 Å². The van der Waals surface area contributed by atoms with Gasteiger partial charge in [0.1, 0.15) is 5.78 Å². The quantitative estimate of drug-likeness (QED) is 0.545. The van der Waals surface area contributed by atoms with E-state index >= 15 is 0 Å². The molecule has 1 heterocycles. The van der Waals surface area contributed by atoms with Crippen molar-refractivity contribution in [1.29, 1.82) is 0 Å². The van der Waals surface area contributed by atoms with Crippen molar-refractivity contribution in [2.45, 2.75) is 24.3 Å². The number of carbonyl (C=O) groups excluding carboxylic acids is 1. The number of para-hydroxylation sites is 2. The van der Waals surface area contributed by atoms with Gasteiger partial charge in [0.2, 0.25) is 0 Å². The molecule has 0 bridgehead atoms. The minimum Gasteiger partial charge on any atom is -0.299 e. The van der Waals surface area contributed by atoms with Gasteiger partial charge in [-0.15, -0.1) is 0 Å². The van der Waals surface area contributed by atoms with Crippen molar-refractivity contribution >= 4 is 28.4 Å². The molecule has 0 saturated carbocycles. The summed E-state index contributed by atoms with van der Waals surface area (Å²) in [5.41, 5.74) is 1.26. The zero-order chi connectivity index (χ0) is 16.4. The third-order valence-electron chi connectivity index (χ3n) is 3.61. The maximum absolute atomic E-state index is 12.9. The van der Waals surface area contributed by atoms with E-state index in [4.69, 9.17) is 0 Å². The number of aromatic nitrogens is 2. The van der Waals surface area contributed by atoms with Crippen LogP contribution in [0.15, 0.2) is 64.5 Å². The van der Waals surface area contributed by atoms with Gasteiger partial charge in [0.15, 0.2) is 5.16 Å². The molecule has 3 aromatic rings. The van der Waals surface area contributed by atoms with Gasteiger partial charge in [-0.25, -0.2) is 4.98 Å². The molecule has 116 valence electrons. The van der Waals surface area contributed by atoms with Crippen LogP contribution in [0.25, 0.3) is 16.6 Å². The van der Waals surface area contributed by atoms with Crippen LogP contribution in [-0.2, 0) is 4.79 Å². The van der Waals surface area contributed by atoms with E-state index in [-0.39, 0.29) is 16.6 Å². The van der Waals surface area contributed by atoms with Crippen molar-refractivity contribution < 1.29 is 4.79 Å². The van der Waals surface area contributed by atoms with E-state index in [1.807, 2.05) is 55.5 Å². The zero-order valence-electron chi connectivity index (χ0n) is 12.9. The minimum absolute atomic E-state index is 0.0528. The highest BCUT2D eigenvalue weighted by Crippen LogP contribution is 2.25. The van der Waals surface area contributed by atoms with Crippen molar-refractivity contribution in [3.63, 3.8) is 0 Å². The minimum atomic E-state index is -0.266. The Morgan fingerprint density at radius 1 is 1.09 bits per heavy atom. The molecule has 0 radical (unpaired) electrons. The van der Waals surface area contributed by atoms with E-state index in [2.05, 4.69) is 4.98 Å². The second-order valence-corrected chi connectivity index (χ2v) is 6.57. The standard InChI is InChI=1S/C18H16N2O2S/c1-12(21)13(2)23-18-19-16-11-7-6-10-15(16)17(22)20(18)14-8-4-3-5-9-14/h3-11,13H,1-2H3/t13-/m0/s1. The summed E-state index contributed by atoms with van der Waals surface area (Å²) in [7, 11) is 0. The third-order valence-corrected chi connectivity index (χ3v) is 4.78. The number of hydrogen-bond acceptors (Lipinski definition) is 4. The smallest absolute Gasteiger partial charge is 0.266 e. The number of ketones is 1. The number of rotatable bonds is 4. The highest BCUT2D eigenvalue weighted by molar-refractivity contribution is 8.00. The van der Waals surface area contributed by atoms with Gasteiger partial charge in [-0.3, -0.25) is 14.2 Å². The number of nitrogens with zero attached hydrogens (tertiary/aromatic N) is 2. The monoisotopic (exact) mass is 324 g/mol. The van der Waals surface area contributed by atoms with Crippen LogP contribution in [-0.4, -0.2) is 20.6 Å². The number of thioether (sulfide) groups is 1. The highest BCUT2D eigenvalue weighted by atomic mass is 32.2. The lowest BCUT2D eigenvalue weighted by Gasteiger charge is -2.15. The Kier molecular flexibility index (Phi) is 4.30. The lowest BCUT2D eigenvalue weighted by molar-refractivity contribution is -0.116. The first-order chi connectivity index (χ1) is 11.1. The van der Waals surface area contributed by atoms with Crippen molar-refractivity contribution in [1.82, 2.24) is 9.55 Å². The second kappa shape index (κ2) is 6.38. The zero-order valence-corrected chi connectivity index (χ0v) is 13.7. The second-order valence-electron chi connectivity index (χ2n) is 5.26. The van der Waals surface area contributed by atoms with Crippen molar-refractivity contribution in [3.8, 4) is 5.69 Å². The largest absolute Gasteiger partial charge is 0.299 e. The normalized spacial score (nSPS) is 12.3. The summed E-state index contributed by atoms with van der Waals surface area (Å²) < 4.78 is 1.58. The Bertz CT molecular complexity index is 919. The maximum atomic E-state index is 12.9. The Labute approximate surface area is 138 Å². The molecule has 0 aliphatic rings. The van der Waals surface area contributed by atoms with Gasteiger partial charge in [0.25, 0.3) is 5.56 Å². The van der Waals surface area contributed by atoms with Crippen molar-refractivity contribution in [2.24, 2.45) is 0 Å². The van der Waals surface area contributed by atoms with Crippen LogP contribution in [0, 0.1) is 0 Å². The summed E-state index contributed by atoms with van der Waals surface area (Å²) in [6, 6.07) is 16.6. The molecule has 0 spiro atoms. The Hall–Kier alpha value is -2.40. The SMILES string of the molecule is CC(=O)[C@H](C)Sc1nc2ccccc2c(=O)n1-c1ccccc1.